The van der Waals surface area contributed by atoms with Gasteiger partial charge in [-0.2, -0.15) is 0 Å². The maximum absolute atomic E-state index is 6.27. The Balaban J connectivity index is 1.54. The van der Waals surface area contributed by atoms with E-state index < -0.39 is 0 Å². The predicted molar refractivity (Wildman–Crippen MR) is 85.4 cm³/mol. The number of halogens is 1. The molecule has 0 bridgehead atoms. The molecule has 2 heterocycles. The van der Waals surface area contributed by atoms with E-state index in [0.29, 0.717) is 6.04 Å². The standard InChI is InChI=1S/C17H18ClN3/c18-15-7-8-17(20-16(15)9-19-14-5-6-14)21-10-12-3-1-2-4-13(12)11-21/h1-4,7-8,14,19H,5-6,9-11H2. The maximum Gasteiger partial charge on any atom is 0.129 e. The van der Waals surface area contributed by atoms with Gasteiger partial charge in [-0.15, -0.1) is 0 Å². The normalized spacial score (nSPS) is 17.1. The van der Waals surface area contributed by atoms with Crippen LogP contribution in [0.3, 0.4) is 0 Å². The zero-order chi connectivity index (χ0) is 14.2. The van der Waals surface area contributed by atoms with Crippen LogP contribution in [0.5, 0.6) is 0 Å². The summed E-state index contributed by atoms with van der Waals surface area (Å²) in [6.07, 6.45) is 2.55. The number of anilines is 1. The second kappa shape index (κ2) is 5.32. The van der Waals surface area contributed by atoms with Gasteiger partial charge in [0, 0.05) is 25.7 Å². The molecule has 2 aliphatic rings. The topological polar surface area (TPSA) is 28.2 Å². The quantitative estimate of drug-likeness (QED) is 0.936. The number of hydrogen-bond donors (Lipinski definition) is 1. The van der Waals surface area contributed by atoms with Crippen molar-refractivity contribution in [3.63, 3.8) is 0 Å². The first-order valence-corrected chi connectivity index (χ1v) is 7.88. The highest BCUT2D eigenvalue weighted by atomic mass is 35.5. The fourth-order valence-corrected chi connectivity index (χ4v) is 2.97. The summed E-state index contributed by atoms with van der Waals surface area (Å²) in [7, 11) is 0. The summed E-state index contributed by atoms with van der Waals surface area (Å²) in [4.78, 5) is 7.08. The zero-order valence-corrected chi connectivity index (χ0v) is 12.6. The van der Waals surface area contributed by atoms with Crippen molar-refractivity contribution in [2.45, 2.75) is 38.5 Å². The molecule has 1 fully saturated rings. The molecule has 1 N–H and O–H groups in total. The van der Waals surface area contributed by atoms with Crippen LogP contribution >= 0.6 is 11.6 Å². The van der Waals surface area contributed by atoms with E-state index in [1.807, 2.05) is 12.1 Å². The van der Waals surface area contributed by atoms with Gasteiger partial charge in [0.2, 0.25) is 0 Å². The molecule has 4 rings (SSSR count). The van der Waals surface area contributed by atoms with Crippen molar-refractivity contribution in [1.82, 2.24) is 10.3 Å². The van der Waals surface area contributed by atoms with Crippen molar-refractivity contribution in [2.24, 2.45) is 0 Å². The van der Waals surface area contributed by atoms with Crippen molar-refractivity contribution >= 4 is 17.4 Å². The third kappa shape index (κ3) is 2.76. The fraction of sp³-hybridized carbons (Fsp3) is 0.353. The molecule has 0 unspecified atom stereocenters. The summed E-state index contributed by atoms with van der Waals surface area (Å²) in [5, 5.41) is 4.24. The first-order valence-electron chi connectivity index (χ1n) is 7.50. The van der Waals surface area contributed by atoms with Crippen LogP contribution in [0, 0.1) is 0 Å². The lowest BCUT2D eigenvalue weighted by Crippen LogP contribution is -2.20. The van der Waals surface area contributed by atoms with Crippen LogP contribution in [0.15, 0.2) is 36.4 Å². The maximum atomic E-state index is 6.27. The van der Waals surface area contributed by atoms with E-state index in [0.717, 1.165) is 36.2 Å². The molecule has 1 saturated carbocycles. The van der Waals surface area contributed by atoms with E-state index in [1.54, 1.807) is 0 Å². The molecule has 2 aromatic rings. The Hall–Kier alpha value is -1.58. The van der Waals surface area contributed by atoms with Gasteiger partial charge in [-0.3, -0.25) is 0 Å². The SMILES string of the molecule is Clc1ccc(N2Cc3ccccc3C2)nc1CNC1CC1. The summed E-state index contributed by atoms with van der Waals surface area (Å²) in [5.74, 6) is 1.02. The molecule has 0 saturated heterocycles. The Kier molecular flexibility index (Phi) is 3.32. The molecule has 0 amide bonds. The van der Waals surface area contributed by atoms with Gasteiger partial charge in [0.25, 0.3) is 0 Å². The highest BCUT2D eigenvalue weighted by Gasteiger charge is 2.22. The number of nitrogens with zero attached hydrogens (tertiary/aromatic N) is 2. The van der Waals surface area contributed by atoms with Crippen LogP contribution in [0.2, 0.25) is 5.02 Å². The van der Waals surface area contributed by atoms with Gasteiger partial charge < -0.3 is 10.2 Å². The summed E-state index contributed by atoms with van der Waals surface area (Å²) < 4.78 is 0. The minimum atomic E-state index is 0.669. The molecule has 21 heavy (non-hydrogen) atoms. The second-order valence-corrected chi connectivity index (χ2v) is 6.29. The number of pyridine rings is 1. The van der Waals surface area contributed by atoms with Gasteiger partial charge in [0.05, 0.1) is 10.7 Å². The highest BCUT2D eigenvalue weighted by molar-refractivity contribution is 6.31. The van der Waals surface area contributed by atoms with Gasteiger partial charge in [0.15, 0.2) is 0 Å². The Morgan fingerprint density at radius 3 is 2.48 bits per heavy atom. The van der Waals surface area contributed by atoms with Gasteiger partial charge in [-0.1, -0.05) is 35.9 Å². The lowest BCUT2D eigenvalue weighted by molar-refractivity contribution is 0.672. The minimum Gasteiger partial charge on any atom is -0.348 e. The molecule has 3 nitrogen and oxygen atoms in total. The number of rotatable bonds is 4. The average molecular weight is 300 g/mol. The molecule has 1 aliphatic heterocycles. The summed E-state index contributed by atoms with van der Waals surface area (Å²) in [5.41, 5.74) is 3.75. The van der Waals surface area contributed by atoms with E-state index >= 15 is 0 Å². The number of hydrogen-bond acceptors (Lipinski definition) is 3. The fourth-order valence-electron chi connectivity index (χ4n) is 2.80. The van der Waals surface area contributed by atoms with E-state index in [9.17, 15) is 0 Å². The van der Waals surface area contributed by atoms with Gasteiger partial charge in [0.1, 0.15) is 5.82 Å². The van der Waals surface area contributed by atoms with Crippen molar-refractivity contribution in [2.75, 3.05) is 4.90 Å². The van der Waals surface area contributed by atoms with Crippen molar-refractivity contribution in [3.8, 4) is 0 Å². The number of aromatic nitrogens is 1. The smallest absolute Gasteiger partial charge is 0.129 e. The van der Waals surface area contributed by atoms with E-state index in [-0.39, 0.29) is 0 Å². The second-order valence-electron chi connectivity index (χ2n) is 5.88. The van der Waals surface area contributed by atoms with E-state index in [1.165, 1.54) is 24.0 Å². The number of nitrogens with one attached hydrogen (secondary N) is 1. The van der Waals surface area contributed by atoms with Crippen LogP contribution in [0.1, 0.15) is 29.7 Å². The molecule has 1 aliphatic carbocycles. The first kappa shape index (κ1) is 13.1. The van der Waals surface area contributed by atoms with E-state index in [2.05, 4.69) is 34.5 Å². The largest absolute Gasteiger partial charge is 0.348 e. The van der Waals surface area contributed by atoms with Crippen LogP contribution in [0.4, 0.5) is 5.82 Å². The molecule has 4 heteroatoms. The molecule has 1 aromatic carbocycles. The van der Waals surface area contributed by atoms with Crippen LogP contribution in [-0.2, 0) is 19.6 Å². The van der Waals surface area contributed by atoms with Crippen molar-refractivity contribution in [3.05, 3.63) is 58.2 Å². The molecule has 0 spiro atoms. The number of fused-ring (bicyclic) bond motifs is 1. The molecule has 0 radical (unpaired) electrons. The Morgan fingerprint density at radius 1 is 1.10 bits per heavy atom. The molecule has 1 aromatic heterocycles. The van der Waals surface area contributed by atoms with Gasteiger partial charge >= 0.3 is 0 Å². The van der Waals surface area contributed by atoms with Crippen molar-refractivity contribution in [1.29, 1.82) is 0 Å². The Morgan fingerprint density at radius 2 is 1.81 bits per heavy atom. The predicted octanol–water partition coefficient (Wildman–Crippen LogP) is 3.51. The van der Waals surface area contributed by atoms with Crippen LogP contribution < -0.4 is 10.2 Å². The zero-order valence-electron chi connectivity index (χ0n) is 11.8. The summed E-state index contributed by atoms with van der Waals surface area (Å²) in [6.45, 7) is 2.62. The van der Waals surface area contributed by atoms with Crippen LogP contribution in [0.25, 0.3) is 0 Å². The first-order chi connectivity index (χ1) is 10.3. The Bertz CT molecular complexity index is 642. The van der Waals surface area contributed by atoms with Crippen molar-refractivity contribution < 1.29 is 0 Å². The van der Waals surface area contributed by atoms with Gasteiger partial charge in [-0.05, 0) is 36.1 Å². The Labute approximate surface area is 129 Å². The van der Waals surface area contributed by atoms with Crippen LogP contribution in [-0.4, -0.2) is 11.0 Å². The molecular formula is C17H18ClN3. The monoisotopic (exact) mass is 299 g/mol. The molecule has 0 atom stereocenters. The molecule has 108 valence electrons. The lowest BCUT2D eigenvalue weighted by Gasteiger charge is -2.18. The third-order valence-electron chi connectivity index (χ3n) is 4.20. The summed E-state index contributed by atoms with van der Waals surface area (Å²) in [6, 6.07) is 13.3. The third-order valence-corrected chi connectivity index (χ3v) is 4.55. The molecular weight excluding hydrogens is 282 g/mol. The lowest BCUT2D eigenvalue weighted by atomic mass is 10.1. The average Bonchev–Trinajstić information content (AvgIpc) is 3.23. The number of benzene rings is 1. The summed E-state index contributed by atoms with van der Waals surface area (Å²) >= 11 is 6.27. The highest BCUT2D eigenvalue weighted by Crippen LogP contribution is 2.28. The van der Waals surface area contributed by atoms with Gasteiger partial charge in [-0.25, -0.2) is 4.98 Å². The van der Waals surface area contributed by atoms with E-state index in [4.69, 9.17) is 16.6 Å². The minimum absolute atomic E-state index is 0.669.